The summed E-state index contributed by atoms with van der Waals surface area (Å²) in [6.07, 6.45) is -4.71. The van der Waals surface area contributed by atoms with Gasteiger partial charge in [-0.25, -0.2) is 0 Å². The van der Waals surface area contributed by atoms with Crippen LogP contribution in [0.5, 0.6) is 16.7 Å². The Hall–Kier alpha value is -1.87. The van der Waals surface area contributed by atoms with Crippen LogP contribution in [-0.4, -0.2) is 23.1 Å². The molecule has 0 fully saturated rings. The van der Waals surface area contributed by atoms with Crippen molar-refractivity contribution in [3.63, 3.8) is 0 Å². The maximum absolute atomic E-state index is 12.0. The third-order valence-corrected chi connectivity index (χ3v) is 3.04. The third kappa shape index (κ3) is 5.20. The average Bonchev–Trinajstić information content (AvgIpc) is 2.85. The van der Waals surface area contributed by atoms with Crippen molar-refractivity contribution in [1.82, 2.24) is 15.5 Å². The van der Waals surface area contributed by atoms with Crippen molar-refractivity contribution in [3.05, 3.63) is 29.3 Å². The normalized spacial score (nSPS) is 11.4. The van der Waals surface area contributed by atoms with Crippen molar-refractivity contribution in [3.8, 4) is 16.7 Å². The summed E-state index contributed by atoms with van der Waals surface area (Å²) in [6, 6.07) is 5.08. The fraction of sp³-hybridized carbons (Fsp3) is 0.333. The van der Waals surface area contributed by atoms with Crippen molar-refractivity contribution in [2.45, 2.75) is 19.8 Å². The lowest BCUT2D eigenvalue weighted by Crippen LogP contribution is -2.16. The molecule has 0 aliphatic carbocycles. The van der Waals surface area contributed by atoms with Crippen LogP contribution in [0.2, 0.25) is 0 Å². The van der Waals surface area contributed by atoms with Crippen LogP contribution in [0.4, 0.5) is 13.2 Å². The van der Waals surface area contributed by atoms with Crippen LogP contribution in [0.1, 0.15) is 11.9 Å². The van der Waals surface area contributed by atoms with Crippen molar-refractivity contribution in [2.75, 3.05) is 6.54 Å². The molecule has 9 heteroatoms. The van der Waals surface area contributed by atoms with E-state index < -0.39 is 6.36 Å². The highest BCUT2D eigenvalue weighted by Crippen LogP contribution is 2.28. The molecule has 1 aromatic heterocycles. The van der Waals surface area contributed by atoms with Gasteiger partial charge in [-0.05, 0) is 30.8 Å². The molecule has 1 N–H and O–H groups in total. The van der Waals surface area contributed by atoms with Gasteiger partial charge in [0.15, 0.2) is 0 Å². The molecular weight excluding hydrogens is 307 g/mol. The van der Waals surface area contributed by atoms with Crippen LogP contribution in [0.25, 0.3) is 0 Å². The Morgan fingerprint density at radius 2 is 1.81 bits per heavy atom. The van der Waals surface area contributed by atoms with Crippen LogP contribution in [0.15, 0.2) is 24.3 Å². The van der Waals surface area contributed by atoms with Gasteiger partial charge in [-0.3, -0.25) is 0 Å². The third-order valence-electron chi connectivity index (χ3n) is 2.24. The van der Waals surface area contributed by atoms with E-state index in [0.29, 0.717) is 17.5 Å². The number of ether oxygens (including phenoxy) is 2. The molecule has 1 heterocycles. The Kier molecular flexibility index (Phi) is 4.97. The first-order chi connectivity index (χ1) is 9.96. The van der Waals surface area contributed by atoms with E-state index in [1.165, 1.54) is 35.6 Å². The Labute approximate surface area is 122 Å². The molecule has 0 aliphatic rings. The summed E-state index contributed by atoms with van der Waals surface area (Å²) >= 11 is 1.26. The zero-order valence-electron chi connectivity index (χ0n) is 11.0. The van der Waals surface area contributed by atoms with E-state index in [1.54, 1.807) is 0 Å². The summed E-state index contributed by atoms with van der Waals surface area (Å²) in [5, 5.41) is 12.0. The Morgan fingerprint density at radius 3 is 2.43 bits per heavy atom. The second-order valence-corrected chi connectivity index (χ2v) is 4.89. The van der Waals surface area contributed by atoms with E-state index in [4.69, 9.17) is 4.74 Å². The lowest BCUT2D eigenvalue weighted by Gasteiger charge is -2.08. The zero-order chi connectivity index (χ0) is 15.3. The SMILES string of the molecule is CCNCc1nnc(Oc2ccc(OC(F)(F)F)cc2)s1. The van der Waals surface area contributed by atoms with Crippen molar-refractivity contribution < 1.29 is 22.6 Å². The zero-order valence-corrected chi connectivity index (χ0v) is 11.8. The Balaban J connectivity index is 1.95. The van der Waals surface area contributed by atoms with Crippen LogP contribution in [0, 0.1) is 0 Å². The second-order valence-electron chi connectivity index (χ2n) is 3.86. The van der Waals surface area contributed by atoms with Gasteiger partial charge in [-0.1, -0.05) is 23.4 Å². The summed E-state index contributed by atoms with van der Waals surface area (Å²) in [7, 11) is 0. The first-order valence-corrected chi connectivity index (χ1v) is 6.84. The number of benzene rings is 1. The van der Waals surface area contributed by atoms with Gasteiger partial charge in [0, 0.05) is 6.54 Å². The van der Waals surface area contributed by atoms with E-state index in [2.05, 4.69) is 20.3 Å². The molecule has 21 heavy (non-hydrogen) atoms. The number of halogens is 3. The molecule has 2 aromatic rings. The molecule has 2 rings (SSSR count). The van der Waals surface area contributed by atoms with E-state index in [9.17, 15) is 13.2 Å². The highest BCUT2D eigenvalue weighted by Gasteiger charge is 2.30. The van der Waals surface area contributed by atoms with Gasteiger partial charge < -0.3 is 14.8 Å². The van der Waals surface area contributed by atoms with E-state index >= 15 is 0 Å². The summed E-state index contributed by atoms with van der Waals surface area (Å²) < 4.78 is 45.2. The van der Waals surface area contributed by atoms with E-state index in [-0.39, 0.29) is 5.75 Å². The van der Waals surface area contributed by atoms with E-state index in [0.717, 1.165) is 11.6 Å². The summed E-state index contributed by atoms with van der Waals surface area (Å²) in [5.41, 5.74) is 0. The maximum atomic E-state index is 12.0. The molecule has 0 unspecified atom stereocenters. The number of alkyl halides is 3. The Bertz CT molecular complexity index is 572. The van der Waals surface area contributed by atoms with Gasteiger partial charge in [-0.2, -0.15) is 0 Å². The van der Waals surface area contributed by atoms with E-state index in [1.807, 2.05) is 6.92 Å². The molecule has 0 aliphatic heterocycles. The number of hydrogen-bond acceptors (Lipinski definition) is 6. The molecule has 0 amide bonds. The highest BCUT2D eigenvalue weighted by molar-refractivity contribution is 7.13. The molecule has 114 valence electrons. The van der Waals surface area contributed by atoms with Crippen molar-refractivity contribution >= 4 is 11.3 Å². The minimum atomic E-state index is -4.71. The summed E-state index contributed by atoms with van der Waals surface area (Å²) in [6.45, 7) is 3.38. The monoisotopic (exact) mass is 319 g/mol. The molecule has 0 saturated carbocycles. The summed E-state index contributed by atoms with van der Waals surface area (Å²) in [4.78, 5) is 0. The van der Waals surface area contributed by atoms with Gasteiger partial charge in [0.05, 0.1) is 0 Å². The Morgan fingerprint density at radius 1 is 1.14 bits per heavy atom. The standard InChI is InChI=1S/C12H12F3N3O2S/c1-2-16-7-10-17-18-11(21-10)19-8-3-5-9(6-4-8)20-12(13,14)15/h3-6,16H,2,7H2,1H3. The predicted octanol–water partition coefficient (Wildman–Crippen LogP) is 3.34. The fourth-order valence-corrected chi connectivity index (χ4v) is 2.07. The lowest BCUT2D eigenvalue weighted by molar-refractivity contribution is -0.274. The molecule has 0 radical (unpaired) electrons. The lowest BCUT2D eigenvalue weighted by atomic mass is 10.3. The number of hydrogen-bond donors (Lipinski definition) is 1. The number of rotatable bonds is 6. The van der Waals surface area contributed by atoms with Crippen molar-refractivity contribution in [2.24, 2.45) is 0 Å². The minimum absolute atomic E-state index is 0.306. The molecule has 1 aromatic carbocycles. The quantitative estimate of drug-likeness (QED) is 0.885. The second kappa shape index (κ2) is 6.72. The van der Waals surface area contributed by atoms with Crippen LogP contribution in [-0.2, 0) is 6.54 Å². The average molecular weight is 319 g/mol. The first kappa shape index (κ1) is 15.5. The van der Waals surface area contributed by atoms with Gasteiger partial charge >= 0.3 is 6.36 Å². The van der Waals surface area contributed by atoms with Gasteiger partial charge in [-0.15, -0.1) is 18.3 Å². The number of aromatic nitrogens is 2. The minimum Gasteiger partial charge on any atom is -0.430 e. The molecule has 0 spiro atoms. The number of nitrogens with one attached hydrogen (secondary N) is 1. The summed E-state index contributed by atoms with van der Waals surface area (Å²) in [5.74, 6) is 0.0515. The molecule has 0 atom stereocenters. The fourth-order valence-electron chi connectivity index (χ4n) is 1.39. The van der Waals surface area contributed by atoms with Crippen LogP contribution >= 0.6 is 11.3 Å². The molecule has 5 nitrogen and oxygen atoms in total. The molecule has 0 saturated heterocycles. The van der Waals surface area contributed by atoms with Gasteiger partial charge in [0.25, 0.3) is 5.19 Å². The smallest absolute Gasteiger partial charge is 0.430 e. The first-order valence-electron chi connectivity index (χ1n) is 6.03. The van der Waals surface area contributed by atoms with Gasteiger partial charge in [0.2, 0.25) is 0 Å². The maximum Gasteiger partial charge on any atom is 0.573 e. The number of nitrogens with zero attached hydrogens (tertiary/aromatic N) is 2. The highest BCUT2D eigenvalue weighted by atomic mass is 32.1. The van der Waals surface area contributed by atoms with Gasteiger partial charge in [0.1, 0.15) is 16.5 Å². The predicted molar refractivity (Wildman–Crippen MR) is 70.5 cm³/mol. The van der Waals surface area contributed by atoms with Crippen molar-refractivity contribution in [1.29, 1.82) is 0 Å². The largest absolute Gasteiger partial charge is 0.573 e. The van der Waals surface area contributed by atoms with Crippen LogP contribution < -0.4 is 14.8 Å². The molecular formula is C12H12F3N3O2S. The van der Waals surface area contributed by atoms with Crippen LogP contribution in [0.3, 0.4) is 0 Å². The molecule has 0 bridgehead atoms. The topological polar surface area (TPSA) is 56.3 Å².